The minimum Gasteiger partial charge on any atom is -0.0946 e. The lowest BCUT2D eigenvalue weighted by Gasteiger charge is -2.03. The lowest BCUT2D eigenvalue weighted by atomic mass is 10.0. The van der Waals surface area contributed by atoms with Gasteiger partial charge >= 0.3 is 0 Å². The molecule has 1 aliphatic carbocycles. The van der Waals surface area contributed by atoms with E-state index in [0.717, 1.165) is 5.57 Å². The van der Waals surface area contributed by atoms with E-state index >= 15 is 0 Å². The molecule has 1 atom stereocenters. The van der Waals surface area contributed by atoms with Crippen LogP contribution in [0.4, 0.5) is 0 Å². The number of hydrogen-bond donors (Lipinski definition) is 0. The summed E-state index contributed by atoms with van der Waals surface area (Å²) in [6.07, 6.45) is 3.80. The van der Waals surface area contributed by atoms with Crippen LogP contribution in [0.3, 0.4) is 0 Å². The lowest BCUT2D eigenvalue weighted by Crippen LogP contribution is -1.93. The summed E-state index contributed by atoms with van der Waals surface area (Å²) in [4.78, 5) is 0. The Morgan fingerprint density at radius 1 is 1.75 bits per heavy atom. The van der Waals surface area contributed by atoms with Gasteiger partial charge in [-0.1, -0.05) is 24.5 Å². The van der Waals surface area contributed by atoms with Crippen LogP contribution in [0.25, 0.3) is 0 Å². The molecule has 0 N–H and O–H groups in total. The van der Waals surface area contributed by atoms with Crippen LogP contribution in [-0.4, -0.2) is 0 Å². The molecule has 0 aliphatic heterocycles. The van der Waals surface area contributed by atoms with Crippen molar-refractivity contribution < 1.29 is 0 Å². The molecule has 0 nitrogen and oxygen atoms in total. The Morgan fingerprint density at radius 2 is 2.50 bits per heavy atom. The highest BCUT2D eigenvalue weighted by Gasteiger charge is 1.99. The second-order valence-electron chi connectivity index (χ2n) is 1.92. The van der Waals surface area contributed by atoms with Crippen LogP contribution in [0.2, 0.25) is 0 Å². The third-order valence-corrected chi connectivity index (χ3v) is 1.24. The molecule has 0 saturated heterocycles. The second kappa shape index (κ2) is 1.88. The molecule has 0 aromatic heterocycles. The van der Waals surface area contributed by atoms with Gasteiger partial charge in [0, 0.05) is 5.92 Å². The van der Waals surface area contributed by atoms with Gasteiger partial charge in [-0.05, 0) is 18.6 Å². The molecule has 0 saturated carbocycles. The monoisotopic (exact) mass is 104 g/mol. The van der Waals surface area contributed by atoms with E-state index in [2.05, 4.69) is 25.3 Å². The molecule has 1 rings (SSSR count). The lowest BCUT2D eigenvalue weighted by molar-refractivity contribution is 0.928. The number of allylic oxidation sites excluding steroid dienone is 3. The molecule has 0 bridgehead atoms. The van der Waals surface area contributed by atoms with Crippen LogP contribution in [-0.2, 0) is 0 Å². The molecule has 40 valence electrons. The smallest absolute Gasteiger partial charge is 0.0422 e. The van der Waals surface area contributed by atoms with Crippen molar-refractivity contribution in [2.75, 3.05) is 0 Å². The van der Waals surface area contributed by atoms with Gasteiger partial charge in [-0.2, -0.15) is 0 Å². The molecule has 0 heteroatoms. The normalized spacial score (nSPS) is 24.6. The van der Waals surface area contributed by atoms with Crippen LogP contribution in [0, 0.1) is 17.8 Å². The first-order valence-electron chi connectivity index (χ1n) is 2.67. The number of rotatable bonds is 0. The van der Waals surface area contributed by atoms with Crippen molar-refractivity contribution in [3.05, 3.63) is 24.3 Å². The summed E-state index contributed by atoms with van der Waals surface area (Å²) in [5.41, 5.74) is 1.11. The van der Waals surface area contributed by atoms with E-state index in [-0.39, 0.29) is 0 Å². The zero-order valence-corrected chi connectivity index (χ0v) is 4.94. The Kier molecular flexibility index (Phi) is 1.22. The molecule has 0 fully saturated rings. The van der Waals surface area contributed by atoms with Gasteiger partial charge in [-0.25, -0.2) is 0 Å². The SMILES string of the molecule is C=C1C=CC#CC1C. The summed E-state index contributed by atoms with van der Waals surface area (Å²) in [6, 6.07) is 0. The van der Waals surface area contributed by atoms with Gasteiger partial charge in [-0.15, -0.1) is 0 Å². The van der Waals surface area contributed by atoms with Gasteiger partial charge < -0.3 is 0 Å². The maximum absolute atomic E-state index is 3.81. The Hall–Kier alpha value is -0.960. The van der Waals surface area contributed by atoms with Crippen molar-refractivity contribution in [3.63, 3.8) is 0 Å². The molecular weight excluding hydrogens is 96.1 g/mol. The average molecular weight is 104 g/mol. The fourth-order valence-electron chi connectivity index (χ4n) is 0.559. The summed E-state index contributed by atoms with van der Waals surface area (Å²) >= 11 is 0. The Morgan fingerprint density at radius 3 is 2.88 bits per heavy atom. The first kappa shape index (κ1) is 5.18. The summed E-state index contributed by atoms with van der Waals surface area (Å²) < 4.78 is 0. The molecule has 0 heterocycles. The van der Waals surface area contributed by atoms with E-state index in [4.69, 9.17) is 0 Å². The molecule has 8 heavy (non-hydrogen) atoms. The molecule has 1 aliphatic rings. The first-order chi connectivity index (χ1) is 3.80. The quantitative estimate of drug-likeness (QED) is 0.411. The van der Waals surface area contributed by atoms with Crippen LogP contribution < -0.4 is 0 Å². The maximum Gasteiger partial charge on any atom is 0.0422 e. The van der Waals surface area contributed by atoms with E-state index in [9.17, 15) is 0 Å². The average Bonchev–Trinajstić information content (AvgIpc) is 1.77. The minimum atomic E-state index is 0.361. The minimum absolute atomic E-state index is 0.361. The Labute approximate surface area is 49.9 Å². The fourth-order valence-corrected chi connectivity index (χ4v) is 0.559. The van der Waals surface area contributed by atoms with Gasteiger partial charge in [-0.3, -0.25) is 0 Å². The molecule has 0 aromatic carbocycles. The third-order valence-electron chi connectivity index (χ3n) is 1.24. The van der Waals surface area contributed by atoms with Crippen molar-refractivity contribution >= 4 is 0 Å². The van der Waals surface area contributed by atoms with Crippen molar-refractivity contribution in [2.45, 2.75) is 6.92 Å². The van der Waals surface area contributed by atoms with E-state index < -0.39 is 0 Å². The largest absolute Gasteiger partial charge is 0.0946 e. The van der Waals surface area contributed by atoms with Gasteiger partial charge in [0.05, 0.1) is 0 Å². The zero-order chi connectivity index (χ0) is 5.98. The molecule has 0 spiro atoms. The summed E-state index contributed by atoms with van der Waals surface area (Å²) in [6.45, 7) is 5.86. The van der Waals surface area contributed by atoms with Gasteiger partial charge in [0.1, 0.15) is 0 Å². The fraction of sp³-hybridized carbons (Fsp3) is 0.250. The third kappa shape index (κ3) is 0.816. The van der Waals surface area contributed by atoms with Gasteiger partial charge in [0.25, 0.3) is 0 Å². The van der Waals surface area contributed by atoms with Crippen LogP contribution in [0.5, 0.6) is 0 Å². The molecule has 0 aromatic rings. The summed E-state index contributed by atoms with van der Waals surface area (Å²) in [7, 11) is 0. The zero-order valence-electron chi connectivity index (χ0n) is 4.94. The van der Waals surface area contributed by atoms with E-state index in [1.54, 1.807) is 0 Å². The second-order valence-corrected chi connectivity index (χ2v) is 1.92. The maximum atomic E-state index is 3.81. The molecular formula is C8H8. The van der Waals surface area contributed by atoms with Crippen LogP contribution in [0.15, 0.2) is 24.3 Å². The van der Waals surface area contributed by atoms with Crippen molar-refractivity contribution in [1.82, 2.24) is 0 Å². The van der Waals surface area contributed by atoms with E-state index in [0.29, 0.717) is 5.92 Å². The highest BCUT2D eigenvalue weighted by Crippen LogP contribution is 2.10. The van der Waals surface area contributed by atoms with E-state index in [1.807, 2.05) is 12.2 Å². The predicted molar refractivity (Wildman–Crippen MR) is 35.2 cm³/mol. The summed E-state index contributed by atoms with van der Waals surface area (Å²) in [5, 5.41) is 0. The molecule has 0 radical (unpaired) electrons. The highest BCUT2D eigenvalue weighted by atomic mass is 14.0. The molecule has 1 unspecified atom stereocenters. The Balaban J connectivity index is 2.83. The van der Waals surface area contributed by atoms with Gasteiger partial charge in [0.15, 0.2) is 0 Å². The first-order valence-corrected chi connectivity index (χ1v) is 2.67. The van der Waals surface area contributed by atoms with E-state index in [1.165, 1.54) is 0 Å². The number of hydrogen-bond acceptors (Lipinski definition) is 0. The molecule has 0 amide bonds. The van der Waals surface area contributed by atoms with Crippen molar-refractivity contribution in [2.24, 2.45) is 5.92 Å². The predicted octanol–water partition coefficient (Wildman–Crippen LogP) is 1.75. The highest BCUT2D eigenvalue weighted by molar-refractivity contribution is 5.36. The standard InChI is InChI=1S/C8H8/c1-7-5-3-4-6-8(7)2/h3,5,8H,1H2,2H3. The van der Waals surface area contributed by atoms with Crippen molar-refractivity contribution in [1.29, 1.82) is 0 Å². The topological polar surface area (TPSA) is 0 Å². The van der Waals surface area contributed by atoms with Crippen LogP contribution in [0.1, 0.15) is 6.92 Å². The summed E-state index contributed by atoms with van der Waals surface area (Å²) in [5.74, 6) is 6.23. The Bertz CT molecular complexity index is 186. The van der Waals surface area contributed by atoms with Gasteiger partial charge in [0.2, 0.25) is 0 Å². The van der Waals surface area contributed by atoms with Crippen molar-refractivity contribution in [3.8, 4) is 11.8 Å². The van der Waals surface area contributed by atoms with Crippen LogP contribution >= 0.6 is 0 Å².